The summed E-state index contributed by atoms with van der Waals surface area (Å²) >= 11 is 0. The molecule has 82 valence electrons. The highest BCUT2D eigenvalue weighted by Crippen LogP contribution is 2.28. The third-order valence-electron chi connectivity index (χ3n) is 2.64. The molecule has 0 unspecified atom stereocenters. The summed E-state index contributed by atoms with van der Waals surface area (Å²) in [4.78, 5) is 11.5. The molecule has 0 saturated carbocycles. The van der Waals surface area contributed by atoms with Crippen molar-refractivity contribution in [2.75, 3.05) is 6.54 Å². The molecule has 1 heterocycles. The van der Waals surface area contributed by atoms with Crippen LogP contribution < -0.4 is 11.1 Å². The summed E-state index contributed by atoms with van der Waals surface area (Å²) in [5, 5.41) is 2.80. The standard InChI is InChI=1S/C12H18N2O/c1-7(2)5-8(3)10-6-14-12(15)11(10)9(4)13/h5,10-11H,1,4,6,13H2,2-3H3,(H,14,15)/b8-5+/t10-,11-/m1/s1. The first-order chi connectivity index (χ1) is 6.93. The Kier molecular flexibility index (Phi) is 3.35. The van der Waals surface area contributed by atoms with Crippen molar-refractivity contribution in [3.8, 4) is 0 Å². The number of rotatable bonds is 3. The van der Waals surface area contributed by atoms with Crippen LogP contribution in [0.4, 0.5) is 0 Å². The number of nitrogens with two attached hydrogens (primary N) is 1. The summed E-state index contributed by atoms with van der Waals surface area (Å²) in [5.41, 5.74) is 8.18. The maximum absolute atomic E-state index is 11.5. The molecular formula is C12H18N2O. The summed E-state index contributed by atoms with van der Waals surface area (Å²) in [5.74, 6) is -0.200. The number of amides is 1. The zero-order chi connectivity index (χ0) is 11.6. The third-order valence-corrected chi connectivity index (χ3v) is 2.64. The smallest absolute Gasteiger partial charge is 0.229 e. The van der Waals surface area contributed by atoms with Crippen LogP contribution in [0.25, 0.3) is 0 Å². The Morgan fingerprint density at radius 3 is 2.60 bits per heavy atom. The lowest BCUT2D eigenvalue weighted by atomic mass is 9.86. The van der Waals surface area contributed by atoms with Crippen LogP contribution in [-0.4, -0.2) is 12.5 Å². The Bertz CT molecular complexity index is 342. The molecule has 3 heteroatoms. The summed E-state index contributed by atoms with van der Waals surface area (Å²) in [7, 11) is 0. The molecular weight excluding hydrogens is 188 g/mol. The highest BCUT2D eigenvalue weighted by molar-refractivity contribution is 5.84. The topological polar surface area (TPSA) is 55.1 Å². The second kappa shape index (κ2) is 4.34. The van der Waals surface area contributed by atoms with Crippen molar-refractivity contribution in [1.82, 2.24) is 5.32 Å². The molecule has 1 rings (SSSR count). The molecule has 0 bridgehead atoms. The molecule has 1 aliphatic rings. The summed E-state index contributed by atoms with van der Waals surface area (Å²) in [6, 6.07) is 0. The molecule has 1 amide bonds. The van der Waals surface area contributed by atoms with Crippen LogP contribution in [0.15, 0.2) is 36.1 Å². The predicted molar refractivity (Wildman–Crippen MR) is 61.9 cm³/mol. The molecule has 3 N–H and O–H groups in total. The second-order valence-corrected chi connectivity index (χ2v) is 4.14. The average Bonchev–Trinajstić information content (AvgIpc) is 2.45. The summed E-state index contributed by atoms with van der Waals surface area (Å²) in [6.07, 6.45) is 1.99. The van der Waals surface area contributed by atoms with Gasteiger partial charge < -0.3 is 11.1 Å². The van der Waals surface area contributed by atoms with Crippen molar-refractivity contribution in [3.63, 3.8) is 0 Å². The van der Waals surface area contributed by atoms with Crippen LogP contribution in [0.5, 0.6) is 0 Å². The number of hydrogen-bond acceptors (Lipinski definition) is 2. The maximum atomic E-state index is 11.5. The van der Waals surface area contributed by atoms with E-state index in [1.807, 2.05) is 19.9 Å². The van der Waals surface area contributed by atoms with Crippen molar-refractivity contribution in [3.05, 3.63) is 36.1 Å². The van der Waals surface area contributed by atoms with Gasteiger partial charge >= 0.3 is 0 Å². The van der Waals surface area contributed by atoms with Gasteiger partial charge in [0.25, 0.3) is 0 Å². The zero-order valence-corrected chi connectivity index (χ0v) is 9.34. The Labute approximate surface area is 90.7 Å². The number of nitrogens with one attached hydrogen (secondary N) is 1. The minimum atomic E-state index is -0.291. The highest BCUT2D eigenvalue weighted by Gasteiger charge is 2.36. The van der Waals surface area contributed by atoms with Gasteiger partial charge in [0.05, 0.1) is 5.92 Å². The van der Waals surface area contributed by atoms with E-state index in [2.05, 4.69) is 18.5 Å². The lowest BCUT2D eigenvalue weighted by molar-refractivity contribution is -0.121. The van der Waals surface area contributed by atoms with Gasteiger partial charge in [0.1, 0.15) is 0 Å². The molecule has 1 aliphatic heterocycles. The van der Waals surface area contributed by atoms with Gasteiger partial charge in [-0.05, 0) is 13.8 Å². The predicted octanol–water partition coefficient (Wildman–Crippen LogP) is 1.34. The molecule has 2 atom stereocenters. The van der Waals surface area contributed by atoms with Gasteiger partial charge in [-0.3, -0.25) is 4.79 Å². The molecule has 0 aromatic rings. The van der Waals surface area contributed by atoms with E-state index >= 15 is 0 Å². The van der Waals surface area contributed by atoms with E-state index in [1.54, 1.807) is 0 Å². The first-order valence-electron chi connectivity index (χ1n) is 4.99. The van der Waals surface area contributed by atoms with E-state index < -0.39 is 0 Å². The number of carbonyl (C=O) groups is 1. The molecule has 15 heavy (non-hydrogen) atoms. The van der Waals surface area contributed by atoms with Crippen molar-refractivity contribution >= 4 is 5.91 Å². The molecule has 1 saturated heterocycles. The monoisotopic (exact) mass is 206 g/mol. The van der Waals surface area contributed by atoms with Crippen molar-refractivity contribution in [2.45, 2.75) is 13.8 Å². The van der Waals surface area contributed by atoms with E-state index in [4.69, 9.17) is 5.73 Å². The Balaban J connectivity index is 2.91. The lowest BCUT2D eigenvalue weighted by Gasteiger charge is -2.17. The van der Waals surface area contributed by atoms with Gasteiger partial charge in [-0.1, -0.05) is 30.4 Å². The maximum Gasteiger partial charge on any atom is 0.229 e. The van der Waals surface area contributed by atoms with Gasteiger partial charge in [0.15, 0.2) is 0 Å². The number of carbonyl (C=O) groups excluding carboxylic acids is 1. The minimum absolute atomic E-state index is 0.0260. The van der Waals surface area contributed by atoms with Crippen LogP contribution in [0, 0.1) is 11.8 Å². The largest absolute Gasteiger partial charge is 0.402 e. The minimum Gasteiger partial charge on any atom is -0.402 e. The van der Waals surface area contributed by atoms with Gasteiger partial charge in [-0.2, -0.15) is 0 Å². The van der Waals surface area contributed by atoms with Gasteiger partial charge in [-0.25, -0.2) is 0 Å². The fraction of sp³-hybridized carbons (Fsp3) is 0.417. The molecule has 0 aromatic carbocycles. The van der Waals surface area contributed by atoms with Gasteiger partial charge in [0, 0.05) is 18.2 Å². The molecule has 0 spiro atoms. The van der Waals surface area contributed by atoms with E-state index in [0.717, 1.165) is 11.1 Å². The van der Waals surface area contributed by atoms with Crippen molar-refractivity contribution < 1.29 is 4.79 Å². The normalized spacial score (nSPS) is 26.3. The van der Waals surface area contributed by atoms with Crippen LogP contribution in [0.3, 0.4) is 0 Å². The highest BCUT2D eigenvalue weighted by atomic mass is 16.2. The van der Waals surface area contributed by atoms with E-state index in [-0.39, 0.29) is 17.7 Å². The van der Waals surface area contributed by atoms with Gasteiger partial charge in [0.2, 0.25) is 5.91 Å². The molecule has 0 radical (unpaired) electrons. The van der Waals surface area contributed by atoms with Crippen LogP contribution in [0.1, 0.15) is 13.8 Å². The lowest BCUT2D eigenvalue weighted by Crippen LogP contribution is -2.25. The van der Waals surface area contributed by atoms with Crippen molar-refractivity contribution in [2.24, 2.45) is 17.6 Å². The fourth-order valence-electron chi connectivity index (χ4n) is 1.97. The Morgan fingerprint density at radius 1 is 1.53 bits per heavy atom. The van der Waals surface area contributed by atoms with E-state index in [1.165, 1.54) is 0 Å². The second-order valence-electron chi connectivity index (χ2n) is 4.14. The third kappa shape index (κ3) is 2.49. The van der Waals surface area contributed by atoms with Crippen LogP contribution in [-0.2, 0) is 4.79 Å². The summed E-state index contributed by atoms with van der Waals surface area (Å²) < 4.78 is 0. The number of allylic oxidation sites excluding steroid dienone is 2. The fourth-order valence-corrected chi connectivity index (χ4v) is 1.97. The average molecular weight is 206 g/mol. The van der Waals surface area contributed by atoms with Crippen LogP contribution >= 0.6 is 0 Å². The Morgan fingerprint density at radius 2 is 2.13 bits per heavy atom. The molecule has 3 nitrogen and oxygen atoms in total. The number of hydrogen-bond donors (Lipinski definition) is 2. The van der Waals surface area contributed by atoms with Crippen molar-refractivity contribution in [1.29, 1.82) is 0 Å². The quantitative estimate of drug-likeness (QED) is 0.685. The first kappa shape index (κ1) is 11.6. The molecule has 1 fully saturated rings. The summed E-state index contributed by atoms with van der Waals surface area (Å²) in [6.45, 7) is 12.0. The SMILES string of the molecule is C=C(C)/C=C(\C)[C@H]1CNC(=O)[C@@H]1C(=C)N. The van der Waals surface area contributed by atoms with Gasteiger partial charge in [-0.15, -0.1) is 0 Å². The van der Waals surface area contributed by atoms with E-state index in [0.29, 0.717) is 12.2 Å². The van der Waals surface area contributed by atoms with E-state index in [9.17, 15) is 4.79 Å². The zero-order valence-electron chi connectivity index (χ0n) is 9.34. The molecule has 0 aromatic heterocycles. The Hall–Kier alpha value is -1.51. The van der Waals surface area contributed by atoms with Crippen LogP contribution in [0.2, 0.25) is 0 Å². The first-order valence-corrected chi connectivity index (χ1v) is 4.99. The molecule has 0 aliphatic carbocycles.